The fourth-order valence-corrected chi connectivity index (χ4v) is 2.57. The number of rotatable bonds is 7. The van der Waals surface area contributed by atoms with Crippen LogP contribution in [0.3, 0.4) is 0 Å². The highest BCUT2D eigenvalue weighted by atomic mass is 32.1. The van der Waals surface area contributed by atoms with E-state index in [4.69, 9.17) is 0 Å². The molecule has 0 saturated heterocycles. The Morgan fingerprint density at radius 2 is 1.88 bits per heavy atom. The molecule has 0 saturated carbocycles. The number of Topliss-reactive ketones (excluding diaryl/α,β-unsaturated/α-hetero) is 1. The molecule has 0 unspecified atom stereocenters. The van der Waals surface area contributed by atoms with Crippen molar-refractivity contribution in [2.24, 2.45) is 0 Å². The second-order valence-corrected chi connectivity index (χ2v) is 5.40. The predicted octanol–water partition coefficient (Wildman–Crippen LogP) is 3.36. The monoisotopic (exact) mass is 239 g/mol. The molecule has 0 spiro atoms. The third kappa shape index (κ3) is 4.06. The van der Waals surface area contributed by atoms with Crippen LogP contribution in [0.15, 0.2) is 12.1 Å². The van der Waals surface area contributed by atoms with Gasteiger partial charge in [0.15, 0.2) is 5.78 Å². The number of ketones is 1. The Kier molecular flexibility index (Phi) is 5.71. The number of nitrogens with zero attached hydrogens (tertiary/aromatic N) is 1. The van der Waals surface area contributed by atoms with E-state index in [-0.39, 0.29) is 5.78 Å². The smallest absolute Gasteiger partial charge is 0.186 e. The molecule has 0 atom stereocenters. The molecule has 1 heterocycles. The van der Waals surface area contributed by atoms with Crippen LogP contribution in [0.4, 0.5) is 0 Å². The maximum absolute atomic E-state index is 12.0. The Labute approximate surface area is 102 Å². The first-order valence-electron chi connectivity index (χ1n) is 5.99. The molecule has 0 fully saturated rings. The summed E-state index contributed by atoms with van der Waals surface area (Å²) < 4.78 is 0. The fraction of sp³-hybridized carbons (Fsp3) is 0.615. The normalized spacial score (nSPS) is 11.0. The molecule has 0 amide bonds. The average molecular weight is 239 g/mol. The van der Waals surface area contributed by atoms with Gasteiger partial charge in [-0.3, -0.25) is 9.69 Å². The average Bonchev–Trinajstić information content (AvgIpc) is 2.65. The zero-order valence-corrected chi connectivity index (χ0v) is 11.3. The van der Waals surface area contributed by atoms with Gasteiger partial charge in [-0.15, -0.1) is 11.3 Å². The second-order valence-electron chi connectivity index (χ2n) is 4.11. The number of hydrogen-bond acceptors (Lipinski definition) is 3. The number of aryl methyl sites for hydroxylation is 1. The number of carbonyl (C=O) groups is 1. The maximum Gasteiger partial charge on any atom is 0.186 e. The number of carbonyl (C=O) groups excluding carboxylic acids is 1. The topological polar surface area (TPSA) is 20.3 Å². The summed E-state index contributed by atoms with van der Waals surface area (Å²) in [6.07, 6.45) is 2.22. The van der Waals surface area contributed by atoms with Crippen LogP contribution in [-0.2, 0) is 0 Å². The van der Waals surface area contributed by atoms with Gasteiger partial charge in [0.25, 0.3) is 0 Å². The van der Waals surface area contributed by atoms with E-state index in [1.165, 1.54) is 4.88 Å². The van der Waals surface area contributed by atoms with Crippen LogP contribution >= 0.6 is 11.3 Å². The minimum Gasteiger partial charge on any atom is -0.296 e. The Balaban J connectivity index is 2.54. The summed E-state index contributed by atoms with van der Waals surface area (Å²) in [6, 6.07) is 3.96. The molecule has 0 N–H and O–H groups in total. The standard InChI is InChI=1S/C13H21NOS/c1-4-8-14(9-5-2)10-12(15)13-7-6-11(3)16-13/h6-7H,4-5,8-10H2,1-3H3. The summed E-state index contributed by atoms with van der Waals surface area (Å²) in [5.41, 5.74) is 0. The van der Waals surface area contributed by atoms with E-state index >= 15 is 0 Å². The SMILES string of the molecule is CCCN(CCC)CC(=O)c1ccc(C)s1. The lowest BCUT2D eigenvalue weighted by Crippen LogP contribution is -2.31. The van der Waals surface area contributed by atoms with E-state index in [0.29, 0.717) is 6.54 Å². The van der Waals surface area contributed by atoms with Crippen LogP contribution in [-0.4, -0.2) is 30.3 Å². The largest absolute Gasteiger partial charge is 0.296 e. The van der Waals surface area contributed by atoms with Crippen molar-refractivity contribution in [3.63, 3.8) is 0 Å². The highest BCUT2D eigenvalue weighted by Crippen LogP contribution is 2.16. The van der Waals surface area contributed by atoms with Crippen molar-refractivity contribution in [2.75, 3.05) is 19.6 Å². The summed E-state index contributed by atoms with van der Waals surface area (Å²) >= 11 is 1.60. The molecule has 0 aliphatic heterocycles. The van der Waals surface area contributed by atoms with E-state index in [1.807, 2.05) is 19.1 Å². The van der Waals surface area contributed by atoms with Gasteiger partial charge in [0, 0.05) is 4.88 Å². The van der Waals surface area contributed by atoms with E-state index in [1.54, 1.807) is 11.3 Å². The lowest BCUT2D eigenvalue weighted by molar-refractivity contribution is 0.0934. The van der Waals surface area contributed by atoms with Gasteiger partial charge in [0.2, 0.25) is 0 Å². The van der Waals surface area contributed by atoms with Gasteiger partial charge in [-0.2, -0.15) is 0 Å². The molecule has 90 valence electrons. The molecule has 0 aromatic carbocycles. The first-order valence-corrected chi connectivity index (χ1v) is 6.81. The summed E-state index contributed by atoms with van der Waals surface area (Å²) in [7, 11) is 0. The minimum absolute atomic E-state index is 0.264. The van der Waals surface area contributed by atoms with Crippen molar-refractivity contribution < 1.29 is 4.79 Å². The molecular weight excluding hydrogens is 218 g/mol. The summed E-state index contributed by atoms with van der Waals surface area (Å²) in [6.45, 7) is 8.96. The van der Waals surface area contributed by atoms with E-state index in [2.05, 4.69) is 18.7 Å². The molecular formula is C13H21NOS. The third-order valence-electron chi connectivity index (χ3n) is 2.46. The molecule has 0 bridgehead atoms. The zero-order chi connectivity index (χ0) is 12.0. The van der Waals surface area contributed by atoms with Crippen molar-refractivity contribution >= 4 is 17.1 Å². The van der Waals surface area contributed by atoms with Gasteiger partial charge in [-0.25, -0.2) is 0 Å². The number of thiophene rings is 1. The highest BCUT2D eigenvalue weighted by Gasteiger charge is 2.12. The van der Waals surface area contributed by atoms with Crippen molar-refractivity contribution in [1.82, 2.24) is 4.90 Å². The lowest BCUT2D eigenvalue weighted by Gasteiger charge is -2.19. The molecule has 1 aromatic rings. The fourth-order valence-electron chi connectivity index (χ4n) is 1.77. The Hall–Kier alpha value is -0.670. The van der Waals surface area contributed by atoms with Crippen LogP contribution < -0.4 is 0 Å². The molecule has 1 aromatic heterocycles. The molecule has 16 heavy (non-hydrogen) atoms. The Morgan fingerprint density at radius 1 is 1.25 bits per heavy atom. The molecule has 0 aliphatic carbocycles. The van der Waals surface area contributed by atoms with Crippen LogP contribution in [0, 0.1) is 6.92 Å². The highest BCUT2D eigenvalue weighted by molar-refractivity contribution is 7.14. The van der Waals surface area contributed by atoms with Gasteiger partial charge in [0.05, 0.1) is 11.4 Å². The Morgan fingerprint density at radius 3 is 2.31 bits per heavy atom. The van der Waals surface area contributed by atoms with Gasteiger partial charge in [-0.05, 0) is 45.0 Å². The predicted molar refractivity (Wildman–Crippen MR) is 70.4 cm³/mol. The van der Waals surface area contributed by atoms with Crippen molar-refractivity contribution in [3.05, 3.63) is 21.9 Å². The third-order valence-corrected chi connectivity index (χ3v) is 3.50. The van der Waals surface area contributed by atoms with Crippen LogP contribution in [0.1, 0.15) is 41.2 Å². The molecule has 0 aliphatic rings. The number of hydrogen-bond donors (Lipinski definition) is 0. The second kappa shape index (κ2) is 6.81. The molecule has 1 rings (SSSR count). The minimum atomic E-state index is 0.264. The summed E-state index contributed by atoms with van der Waals surface area (Å²) in [4.78, 5) is 16.3. The van der Waals surface area contributed by atoms with E-state index in [0.717, 1.165) is 30.8 Å². The van der Waals surface area contributed by atoms with E-state index in [9.17, 15) is 4.79 Å². The summed E-state index contributed by atoms with van der Waals surface area (Å²) in [5, 5.41) is 0. The van der Waals surface area contributed by atoms with Gasteiger partial charge >= 0.3 is 0 Å². The molecule has 0 radical (unpaired) electrons. The summed E-state index contributed by atoms with van der Waals surface area (Å²) in [5.74, 6) is 0.264. The maximum atomic E-state index is 12.0. The van der Waals surface area contributed by atoms with E-state index < -0.39 is 0 Å². The van der Waals surface area contributed by atoms with Gasteiger partial charge < -0.3 is 0 Å². The van der Waals surface area contributed by atoms with Crippen LogP contribution in [0.5, 0.6) is 0 Å². The first kappa shape index (κ1) is 13.4. The van der Waals surface area contributed by atoms with Crippen molar-refractivity contribution in [1.29, 1.82) is 0 Å². The lowest BCUT2D eigenvalue weighted by atomic mass is 10.2. The first-order chi connectivity index (χ1) is 7.67. The van der Waals surface area contributed by atoms with Gasteiger partial charge in [-0.1, -0.05) is 13.8 Å². The van der Waals surface area contributed by atoms with Crippen molar-refractivity contribution in [2.45, 2.75) is 33.6 Å². The quantitative estimate of drug-likeness (QED) is 0.680. The molecule has 2 nitrogen and oxygen atoms in total. The van der Waals surface area contributed by atoms with Crippen LogP contribution in [0.25, 0.3) is 0 Å². The van der Waals surface area contributed by atoms with Crippen molar-refractivity contribution in [3.8, 4) is 0 Å². The Bertz CT molecular complexity index is 326. The zero-order valence-electron chi connectivity index (χ0n) is 10.5. The molecule has 3 heteroatoms. The van der Waals surface area contributed by atoms with Crippen LogP contribution in [0.2, 0.25) is 0 Å². The van der Waals surface area contributed by atoms with Gasteiger partial charge in [0.1, 0.15) is 0 Å².